The number of fused-ring (bicyclic) bond motifs is 9. The molecule has 0 radical (unpaired) electrons. The number of aryl methyl sites for hydroxylation is 1. The Morgan fingerprint density at radius 3 is 2.16 bits per heavy atom. The molecule has 3 heterocycles. The predicted octanol–water partition coefficient (Wildman–Crippen LogP) is 8.57. The van der Waals surface area contributed by atoms with E-state index >= 15 is 0 Å². The van der Waals surface area contributed by atoms with Crippen LogP contribution in [0.4, 0.5) is 0 Å². The Kier molecular flexibility index (Phi) is 6.09. The quantitative estimate of drug-likeness (QED) is 0.186. The van der Waals surface area contributed by atoms with Gasteiger partial charge in [0.15, 0.2) is 0 Å². The maximum atomic E-state index is 6.63. The lowest BCUT2D eigenvalue weighted by molar-refractivity contribution is 0.969. The fraction of sp³-hybridized carbons (Fsp3) is 0.0500. The SMILES string of the molecule is S=P(c1ccccc1)(c1ccccc1)c1ccc2ncc(-c3ccc4c(c3)nc3c5ccccc5c5c(n43)C=CCC5)cc2c1. The number of imidazole rings is 1. The van der Waals surface area contributed by atoms with E-state index in [9.17, 15) is 0 Å². The van der Waals surface area contributed by atoms with Crippen LogP contribution in [0.15, 0.2) is 140 Å². The smallest absolute Gasteiger partial charge is 0.146 e. The Hall–Kier alpha value is -4.89. The molecule has 0 bridgehead atoms. The van der Waals surface area contributed by atoms with Crippen LogP contribution in [0.3, 0.4) is 0 Å². The van der Waals surface area contributed by atoms with Gasteiger partial charge in [0.05, 0.1) is 22.2 Å². The first-order valence-electron chi connectivity index (χ1n) is 15.3. The minimum atomic E-state index is -2.26. The van der Waals surface area contributed by atoms with Crippen LogP contribution in [0, 0.1) is 0 Å². The number of hydrogen-bond acceptors (Lipinski definition) is 3. The van der Waals surface area contributed by atoms with Crippen molar-refractivity contribution in [3.63, 3.8) is 0 Å². The number of nitrogens with zero attached hydrogens (tertiary/aromatic N) is 3. The normalized spacial score (nSPS) is 13.2. The number of benzene rings is 5. The summed E-state index contributed by atoms with van der Waals surface area (Å²) in [7, 11) is 0. The van der Waals surface area contributed by atoms with E-state index in [1.54, 1.807) is 0 Å². The summed E-state index contributed by atoms with van der Waals surface area (Å²) in [6, 6.07) is 43.0. The van der Waals surface area contributed by atoms with E-state index in [4.69, 9.17) is 21.8 Å². The zero-order chi connectivity index (χ0) is 30.0. The monoisotopic (exact) mass is 613 g/mol. The molecule has 1 aliphatic rings. The van der Waals surface area contributed by atoms with Crippen molar-refractivity contribution in [1.29, 1.82) is 0 Å². The van der Waals surface area contributed by atoms with Crippen molar-refractivity contribution < 1.29 is 0 Å². The highest BCUT2D eigenvalue weighted by atomic mass is 32.4. The molecule has 3 nitrogen and oxygen atoms in total. The van der Waals surface area contributed by atoms with Gasteiger partial charge in [-0.15, -0.1) is 0 Å². The van der Waals surface area contributed by atoms with Crippen LogP contribution in [0.1, 0.15) is 17.7 Å². The van der Waals surface area contributed by atoms with Gasteiger partial charge in [0.2, 0.25) is 0 Å². The van der Waals surface area contributed by atoms with Crippen molar-refractivity contribution in [1.82, 2.24) is 14.4 Å². The third-order valence-electron chi connectivity index (χ3n) is 9.14. The summed E-state index contributed by atoms with van der Waals surface area (Å²) < 4.78 is 2.34. The minimum Gasteiger partial charge on any atom is -0.292 e. The van der Waals surface area contributed by atoms with Gasteiger partial charge in [-0.1, -0.05) is 115 Å². The Balaban J connectivity index is 1.20. The van der Waals surface area contributed by atoms with Gasteiger partial charge in [0.25, 0.3) is 0 Å². The van der Waals surface area contributed by atoms with E-state index in [1.807, 2.05) is 6.20 Å². The van der Waals surface area contributed by atoms with Crippen LogP contribution in [0.2, 0.25) is 0 Å². The zero-order valence-electron chi connectivity index (χ0n) is 24.5. The fourth-order valence-electron chi connectivity index (χ4n) is 6.95. The molecule has 0 N–H and O–H groups in total. The van der Waals surface area contributed by atoms with Gasteiger partial charge >= 0.3 is 0 Å². The Morgan fingerprint density at radius 1 is 0.644 bits per heavy atom. The van der Waals surface area contributed by atoms with Crippen LogP contribution in [0.25, 0.3) is 55.6 Å². The summed E-state index contributed by atoms with van der Waals surface area (Å²) >= 11 is 6.63. The fourth-order valence-corrected chi connectivity index (χ4v) is 10.7. The number of allylic oxidation sites excluding steroid dienone is 1. The lowest BCUT2D eigenvalue weighted by atomic mass is 9.96. The van der Waals surface area contributed by atoms with Crippen molar-refractivity contribution >= 4 is 78.2 Å². The second kappa shape index (κ2) is 10.3. The van der Waals surface area contributed by atoms with Crippen LogP contribution in [0.5, 0.6) is 0 Å². The Labute approximate surface area is 266 Å². The molecule has 0 saturated carbocycles. The topological polar surface area (TPSA) is 30.2 Å². The average molecular weight is 614 g/mol. The minimum absolute atomic E-state index is 0.962. The maximum absolute atomic E-state index is 6.63. The number of aromatic nitrogens is 3. The summed E-state index contributed by atoms with van der Waals surface area (Å²) in [5, 5.41) is 7.15. The van der Waals surface area contributed by atoms with Crippen molar-refractivity contribution in [3.8, 4) is 11.1 Å². The molecule has 0 fully saturated rings. The molecule has 0 spiro atoms. The van der Waals surface area contributed by atoms with Gasteiger partial charge in [-0.2, -0.15) is 0 Å². The van der Waals surface area contributed by atoms with E-state index in [1.165, 1.54) is 37.9 Å². The van der Waals surface area contributed by atoms with E-state index in [-0.39, 0.29) is 0 Å². The van der Waals surface area contributed by atoms with Crippen molar-refractivity contribution in [2.45, 2.75) is 12.8 Å². The summed E-state index contributed by atoms with van der Waals surface area (Å²) in [6.07, 6.45) is 8.64. The first kappa shape index (κ1) is 26.5. The molecule has 1 aliphatic carbocycles. The van der Waals surface area contributed by atoms with E-state index < -0.39 is 6.04 Å². The van der Waals surface area contributed by atoms with E-state index in [2.05, 4.69) is 144 Å². The first-order valence-corrected chi connectivity index (χ1v) is 18.1. The van der Waals surface area contributed by atoms with Crippen LogP contribution in [-0.2, 0) is 18.2 Å². The molecule has 0 aliphatic heterocycles. The molecule has 8 aromatic rings. The molecule has 0 saturated heterocycles. The number of pyridine rings is 2. The highest BCUT2D eigenvalue weighted by Crippen LogP contribution is 2.43. The number of rotatable bonds is 4. The van der Waals surface area contributed by atoms with Gasteiger partial charge in [-0.05, 0) is 81.7 Å². The summed E-state index contributed by atoms with van der Waals surface area (Å²) in [5.41, 5.74) is 8.92. The largest absolute Gasteiger partial charge is 0.292 e. The van der Waals surface area contributed by atoms with E-state index in [0.29, 0.717) is 0 Å². The molecular weight excluding hydrogens is 586 g/mol. The van der Waals surface area contributed by atoms with Crippen LogP contribution < -0.4 is 15.9 Å². The second-order valence-electron chi connectivity index (χ2n) is 11.7. The van der Waals surface area contributed by atoms with Crippen molar-refractivity contribution in [3.05, 3.63) is 151 Å². The molecule has 9 rings (SSSR count). The van der Waals surface area contributed by atoms with Crippen LogP contribution >= 0.6 is 6.04 Å². The molecule has 0 atom stereocenters. The average Bonchev–Trinajstić information content (AvgIpc) is 3.51. The highest BCUT2D eigenvalue weighted by Gasteiger charge is 2.25. The lowest BCUT2D eigenvalue weighted by Gasteiger charge is -2.24. The third kappa shape index (κ3) is 4.14. The Bertz CT molecular complexity index is 2470. The molecular formula is C40H28N3PS. The van der Waals surface area contributed by atoms with E-state index in [0.717, 1.165) is 51.6 Å². The van der Waals surface area contributed by atoms with Crippen molar-refractivity contribution in [2.75, 3.05) is 0 Å². The van der Waals surface area contributed by atoms with Crippen molar-refractivity contribution in [2.24, 2.45) is 0 Å². The van der Waals surface area contributed by atoms with Gasteiger partial charge in [0.1, 0.15) is 5.65 Å². The first-order chi connectivity index (χ1) is 22.2. The maximum Gasteiger partial charge on any atom is 0.146 e. The predicted molar refractivity (Wildman–Crippen MR) is 194 cm³/mol. The molecule has 3 aromatic heterocycles. The molecule has 5 heteroatoms. The summed E-state index contributed by atoms with van der Waals surface area (Å²) in [6.45, 7) is 0. The third-order valence-corrected chi connectivity index (χ3v) is 14.1. The standard InChI is InChI=1S/C40H28N3PS/c45-44(30-11-3-1-4-12-30,31-13-5-2-6-14-31)32-20-21-36-28(24-32)23-29(26-41-36)27-19-22-39-37(25-27)42-40-35-17-8-7-15-33(35)34-16-9-10-18-38(34)43(39)40/h1-8,10-15,17-26H,9,16H2. The highest BCUT2D eigenvalue weighted by molar-refractivity contribution is 8.25. The molecule has 0 amide bonds. The van der Waals surface area contributed by atoms with Crippen LogP contribution in [-0.4, -0.2) is 14.4 Å². The molecule has 214 valence electrons. The summed E-state index contributed by atoms with van der Waals surface area (Å²) in [4.78, 5) is 10.1. The molecule has 5 aromatic carbocycles. The van der Waals surface area contributed by atoms with Gasteiger partial charge in [-0.25, -0.2) is 4.98 Å². The van der Waals surface area contributed by atoms with Gasteiger partial charge in [0, 0.05) is 28.6 Å². The lowest BCUT2D eigenvalue weighted by Crippen LogP contribution is -2.24. The molecule has 45 heavy (non-hydrogen) atoms. The zero-order valence-corrected chi connectivity index (χ0v) is 26.2. The molecule has 0 unspecified atom stereocenters. The van der Waals surface area contributed by atoms with Gasteiger partial charge < -0.3 is 0 Å². The summed E-state index contributed by atoms with van der Waals surface area (Å²) in [5.74, 6) is 0. The second-order valence-corrected chi connectivity index (χ2v) is 16.1. The Morgan fingerprint density at radius 2 is 1.38 bits per heavy atom. The number of hydrogen-bond donors (Lipinski definition) is 0. The van der Waals surface area contributed by atoms with Gasteiger partial charge in [-0.3, -0.25) is 9.38 Å².